The van der Waals surface area contributed by atoms with Gasteiger partial charge in [0.05, 0.1) is 5.56 Å². The molecule has 2 amide bonds. The van der Waals surface area contributed by atoms with Crippen LogP contribution >= 0.6 is 0 Å². The van der Waals surface area contributed by atoms with Crippen molar-refractivity contribution in [3.63, 3.8) is 0 Å². The number of halogens is 5. The van der Waals surface area contributed by atoms with E-state index in [0.717, 1.165) is 42.5 Å². The Morgan fingerprint density at radius 2 is 1.30 bits per heavy atom. The molecule has 0 radical (unpaired) electrons. The normalized spacial score (nSPS) is 11.8. The molecule has 0 bridgehead atoms. The maximum atomic E-state index is 13.6. The molecular weight excluding hydrogens is 371 g/mol. The van der Waals surface area contributed by atoms with Gasteiger partial charge in [-0.3, -0.25) is 9.59 Å². The molecule has 0 aromatic heterocycles. The zero-order valence-electron chi connectivity index (χ0n) is 14.2. The van der Waals surface area contributed by atoms with E-state index in [1.54, 1.807) is 0 Å². The molecule has 0 saturated carbocycles. The number of rotatable bonds is 4. The summed E-state index contributed by atoms with van der Waals surface area (Å²) in [6, 6.07) is 6.61. The second-order valence-corrected chi connectivity index (χ2v) is 6.21. The number of carbonyl (C=O) groups excluding carboxylic acids is 2. The van der Waals surface area contributed by atoms with Gasteiger partial charge in [0.25, 0.3) is 0 Å². The van der Waals surface area contributed by atoms with Gasteiger partial charge >= 0.3 is 6.18 Å². The first-order valence-corrected chi connectivity index (χ1v) is 7.67. The first kappa shape index (κ1) is 20.3. The smallest absolute Gasteiger partial charge is 0.325 e. The molecule has 0 aliphatic heterocycles. The molecule has 27 heavy (non-hydrogen) atoms. The van der Waals surface area contributed by atoms with Crippen molar-refractivity contribution in [2.24, 2.45) is 5.41 Å². The van der Waals surface area contributed by atoms with Crippen LogP contribution in [0.25, 0.3) is 0 Å². The molecular formula is C18H15F5N2O2. The van der Waals surface area contributed by atoms with Gasteiger partial charge in [-0.1, -0.05) is 6.07 Å². The molecule has 9 heteroatoms. The third-order valence-electron chi connectivity index (χ3n) is 3.81. The van der Waals surface area contributed by atoms with E-state index in [-0.39, 0.29) is 5.69 Å². The first-order valence-electron chi connectivity index (χ1n) is 7.67. The number of hydrogen-bond donors (Lipinski definition) is 2. The van der Waals surface area contributed by atoms with Gasteiger partial charge in [0, 0.05) is 5.69 Å². The Labute approximate surface area is 151 Å². The molecule has 2 aromatic rings. The Balaban J connectivity index is 2.13. The van der Waals surface area contributed by atoms with Gasteiger partial charge in [-0.05, 0) is 50.2 Å². The molecule has 0 unspecified atom stereocenters. The fraction of sp³-hybridized carbons (Fsp3) is 0.222. The third-order valence-corrected chi connectivity index (χ3v) is 3.81. The van der Waals surface area contributed by atoms with E-state index in [9.17, 15) is 31.5 Å². The molecule has 4 nitrogen and oxygen atoms in total. The second-order valence-electron chi connectivity index (χ2n) is 6.21. The summed E-state index contributed by atoms with van der Waals surface area (Å²) in [4.78, 5) is 24.6. The summed E-state index contributed by atoms with van der Waals surface area (Å²) in [5, 5.41) is 4.32. The molecule has 0 atom stereocenters. The van der Waals surface area contributed by atoms with Crippen LogP contribution in [0.4, 0.5) is 33.3 Å². The highest BCUT2D eigenvalue weighted by Gasteiger charge is 2.37. The molecule has 2 rings (SSSR count). The van der Waals surface area contributed by atoms with E-state index < -0.39 is 46.3 Å². The van der Waals surface area contributed by atoms with Crippen molar-refractivity contribution in [2.45, 2.75) is 20.0 Å². The van der Waals surface area contributed by atoms with E-state index in [0.29, 0.717) is 0 Å². The summed E-state index contributed by atoms with van der Waals surface area (Å²) in [5.41, 5.74) is -3.33. The van der Waals surface area contributed by atoms with Crippen LogP contribution in [0.1, 0.15) is 19.4 Å². The van der Waals surface area contributed by atoms with Crippen LogP contribution in [0, 0.1) is 17.0 Å². The summed E-state index contributed by atoms with van der Waals surface area (Å²) in [5.74, 6) is -3.88. The van der Waals surface area contributed by atoms with Gasteiger partial charge in [0.15, 0.2) is 0 Å². The quantitative estimate of drug-likeness (QED) is 0.597. The lowest BCUT2D eigenvalue weighted by Crippen LogP contribution is -2.42. The van der Waals surface area contributed by atoms with Crippen molar-refractivity contribution in [1.29, 1.82) is 0 Å². The third kappa shape index (κ3) is 4.60. The summed E-state index contributed by atoms with van der Waals surface area (Å²) >= 11 is 0. The molecule has 0 aliphatic carbocycles. The van der Waals surface area contributed by atoms with Crippen LogP contribution in [0.5, 0.6) is 0 Å². The van der Waals surface area contributed by atoms with E-state index in [1.165, 1.54) is 13.8 Å². The van der Waals surface area contributed by atoms with Crippen molar-refractivity contribution < 1.29 is 31.5 Å². The van der Waals surface area contributed by atoms with Gasteiger partial charge in [-0.15, -0.1) is 0 Å². The molecule has 2 N–H and O–H groups in total. The maximum absolute atomic E-state index is 13.6. The molecule has 2 aromatic carbocycles. The summed E-state index contributed by atoms with van der Waals surface area (Å²) < 4.78 is 64.9. The van der Waals surface area contributed by atoms with Crippen molar-refractivity contribution in [2.75, 3.05) is 10.6 Å². The van der Waals surface area contributed by atoms with E-state index in [4.69, 9.17) is 0 Å². The van der Waals surface area contributed by atoms with E-state index >= 15 is 0 Å². The lowest BCUT2D eigenvalue weighted by atomic mass is 9.90. The van der Waals surface area contributed by atoms with Crippen LogP contribution in [-0.4, -0.2) is 11.8 Å². The molecule has 0 spiro atoms. The minimum absolute atomic E-state index is 0.0333. The summed E-state index contributed by atoms with van der Waals surface area (Å²) in [7, 11) is 0. The summed E-state index contributed by atoms with van der Waals surface area (Å²) in [6.07, 6.45) is -4.52. The zero-order valence-corrected chi connectivity index (χ0v) is 14.2. The molecule has 144 valence electrons. The second kappa shape index (κ2) is 7.34. The standard InChI is InChI=1S/C18H15F5N2O2/c1-17(2,16(27)25-14-12(19)4-3-5-13(14)20)15(26)24-11-8-6-10(7-9-11)18(21,22)23/h3-9H,1-2H3,(H,24,26)(H,25,27). The van der Waals surface area contributed by atoms with Crippen LogP contribution < -0.4 is 10.6 Å². The van der Waals surface area contributed by atoms with Crippen LogP contribution in [0.3, 0.4) is 0 Å². The predicted molar refractivity (Wildman–Crippen MR) is 88.8 cm³/mol. The monoisotopic (exact) mass is 386 g/mol. The van der Waals surface area contributed by atoms with Crippen LogP contribution in [-0.2, 0) is 15.8 Å². The van der Waals surface area contributed by atoms with Crippen molar-refractivity contribution in [1.82, 2.24) is 0 Å². The number of nitrogens with one attached hydrogen (secondary N) is 2. The van der Waals surface area contributed by atoms with Gasteiger partial charge < -0.3 is 10.6 Å². The maximum Gasteiger partial charge on any atom is 0.416 e. The van der Waals surface area contributed by atoms with Crippen LogP contribution in [0.2, 0.25) is 0 Å². The minimum atomic E-state index is -4.52. The SMILES string of the molecule is CC(C)(C(=O)Nc1ccc(C(F)(F)F)cc1)C(=O)Nc1c(F)cccc1F. The minimum Gasteiger partial charge on any atom is -0.325 e. The summed E-state index contributed by atoms with van der Waals surface area (Å²) in [6.45, 7) is 2.42. The average molecular weight is 386 g/mol. The Morgan fingerprint density at radius 3 is 1.78 bits per heavy atom. The van der Waals surface area contributed by atoms with Crippen LogP contribution in [0.15, 0.2) is 42.5 Å². The fourth-order valence-electron chi connectivity index (χ4n) is 2.02. The number of para-hydroxylation sites is 1. The Morgan fingerprint density at radius 1 is 0.815 bits per heavy atom. The molecule has 0 aliphatic rings. The average Bonchev–Trinajstić information content (AvgIpc) is 2.57. The number of hydrogen-bond acceptors (Lipinski definition) is 2. The largest absolute Gasteiger partial charge is 0.416 e. The van der Waals surface area contributed by atoms with Gasteiger partial charge in [-0.25, -0.2) is 8.78 Å². The van der Waals surface area contributed by atoms with Gasteiger partial charge in [0.1, 0.15) is 22.7 Å². The zero-order chi connectivity index (χ0) is 20.4. The number of alkyl halides is 3. The lowest BCUT2D eigenvalue weighted by Gasteiger charge is -2.23. The van der Waals surface area contributed by atoms with E-state index in [1.807, 2.05) is 5.32 Å². The Kier molecular flexibility index (Phi) is 5.53. The predicted octanol–water partition coefficient (Wildman–Crippen LogP) is 4.59. The Hall–Kier alpha value is -2.97. The molecule has 0 heterocycles. The van der Waals surface area contributed by atoms with Crippen molar-refractivity contribution >= 4 is 23.2 Å². The fourth-order valence-corrected chi connectivity index (χ4v) is 2.02. The van der Waals surface area contributed by atoms with E-state index in [2.05, 4.69) is 5.32 Å². The highest BCUT2D eigenvalue weighted by atomic mass is 19.4. The number of amides is 2. The van der Waals surface area contributed by atoms with Crippen molar-refractivity contribution in [3.05, 3.63) is 59.7 Å². The lowest BCUT2D eigenvalue weighted by molar-refractivity contribution is -0.137. The Bertz CT molecular complexity index is 841. The van der Waals surface area contributed by atoms with Gasteiger partial charge in [0.2, 0.25) is 11.8 Å². The number of anilines is 2. The highest BCUT2D eigenvalue weighted by molar-refractivity contribution is 6.14. The molecule has 0 saturated heterocycles. The number of benzene rings is 2. The topological polar surface area (TPSA) is 58.2 Å². The first-order chi connectivity index (χ1) is 12.4. The number of carbonyl (C=O) groups is 2. The van der Waals surface area contributed by atoms with Crippen molar-refractivity contribution in [3.8, 4) is 0 Å². The highest BCUT2D eigenvalue weighted by Crippen LogP contribution is 2.30. The van der Waals surface area contributed by atoms with Gasteiger partial charge in [-0.2, -0.15) is 13.2 Å². The molecule has 0 fully saturated rings.